The van der Waals surface area contributed by atoms with Crippen molar-refractivity contribution in [2.24, 2.45) is 0 Å². The van der Waals surface area contributed by atoms with Crippen LogP contribution >= 0.6 is 22.6 Å². The van der Waals surface area contributed by atoms with E-state index in [9.17, 15) is 13.2 Å². The van der Waals surface area contributed by atoms with Gasteiger partial charge in [-0.25, -0.2) is 0 Å². The lowest BCUT2D eigenvalue weighted by molar-refractivity contribution is -0.114. The first-order chi connectivity index (χ1) is 11.9. The lowest BCUT2D eigenvalue weighted by Gasteiger charge is -2.13. The summed E-state index contributed by atoms with van der Waals surface area (Å²) in [5.41, 5.74) is 0.599. The normalized spacial score (nSPS) is 11.3. The van der Waals surface area contributed by atoms with E-state index in [0.717, 1.165) is 3.57 Å². The van der Waals surface area contributed by atoms with Crippen molar-refractivity contribution in [3.63, 3.8) is 0 Å². The molecular weight excluding hydrogens is 453 g/mol. The topological polar surface area (TPSA) is 72.5 Å². The highest BCUT2D eigenvalue weighted by molar-refractivity contribution is 14.1. The molecule has 0 bridgehead atoms. The van der Waals surface area contributed by atoms with Crippen LogP contribution in [0.15, 0.2) is 65.6 Å². The van der Waals surface area contributed by atoms with E-state index in [1.54, 1.807) is 36.4 Å². The van der Waals surface area contributed by atoms with Crippen molar-refractivity contribution in [3.05, 3.63) is 64.2 Å². The summed E-state index contributed by atoms with van der Waals surface area (Å²) in [4.78, 5) is 11.4. The highest BCUT2D eigenvalue weighted by Gasteiger charge is 2.18. The Morgan fingerprint density at radius 3 is 2.24 bits per heavy atom. The summed E-state index contributed by atoms with van der Waals surface area (Å²) in [7, 11) is -3.95. The van der Waals surface area contributed by atoms with Crippen molar-refractivity contribution >= 4 is 55.1 Å². The van der Waals surface area contributed by atoms with Crippen molar-refractivity contribution < 1.29 is 17.4 Å². The van der Waals surface area contributed by atoms with E-state index in [2.05, 4.69) is 27.9 Å². The highest BCUT2D eigenvalue weighted by atomic mass is 127. The second kappa shape index (κ2) is 7.01. The van der Waals surface area contributed by atoms with Crippen LogP contribution < -0.4 is 9.50 Å². The molecule has 3 aromatic rings. The van der Waals surface area contributed by atoms with E-state index >= 15 is 0 Å². The van der Waals surface area contributed by atoms with Crippen LogP contribution in [0.25, 0.3) is 10.8 Å². The maximum atomic E-state index is 12.5. The number of halogens is 1. The van der Waals surface area contributed by atoms with Gasteiger partial charge in [0.1, 0.15) is 4.90 Å². The minimum Gasteiger partial charge on any atom is -0.378 e. The largest absolute Gasteiger partial charge is 0.378 e. The molecule has 0 saturated heterocycles. The summed E-state index contributed by atoms with van der Waals surface area (Å²) in [5.74, 6) is 0.00795. The van der Waals surface area contributed by atoms with Gasteiger partial charge in [0.05, 0.1) is 0 Å². The van der Waals surface area contributed by atoms with Crippen LogP contribution in [0.3, 0.4) is 0 Å². The Morgan fingerprint density at radius 2 is 1.60 bits per heavy atom. The molecule has 0 aliphatic rings. The zero-order valence-corrected chi connectivity index (χ0v) is 16.2. The maximum absolute atomic E-state index is 12.5. The van der Waals surface area contributed by atoms with Gasteiger partial charge in [-0.15, -0.1) is 0 Å². The number of carbonyl (C=O) groups is 1. The van der Waals surface area contributed by atoms with Gasteiger partial charge in [-0.05, 0) is 59.0 Å². The van der Waals surface area contributed by atoms with Crippen molar-refractivity contribution in [1.29, 1.82) is 0 Å². The number of hydrogen-bond donors (Lipinski definition) is 1. The molecule has 0 aliphatic heterocycles. The van der Waals surface area contributed by atoms with Crippen molar-refractivity contribution in [2.75, 3.05) is 5.32 Å². The minimum atomic E-state index is -3.95. The molecule has 3 rings (SSSR count). The van der Waals surface area contributed by atoms with E-state index < -0.39 is 10.1 Å². The van der Waals surface area contributed by atoms with Crippen molar-refractivity contribution in [1.82, 2.24) is 0 Å². The van der Waals surface area contributed by atoms with Gasteiger partial charge in [0.2, 0.25) is 5.91 Å². The van der Waals surface area contributed by atoms with Crippen molar-refractivity contribution in [3.8, 4) is 5.75 Å². The number of carbonyl (C=O) groups excluding carboxylic acids is 1. The van der Waals surface area contributed by atoms with Gasteiger partial charge in [-0.2, -0.15) is 8.42 Å². The highest BCUT2D eigenvalue weighted by Crippen LogP contribution is 2.33. The van der Waals surface area contributed by atoms with Crippen LogP contribution in [-0.2, 0) is 14.9 Å². The third-order valence-electron chi connectivity index (χ3n) is 3.50. The molecule has 0 aliphatic carbocycles. The van der Waals surface area contributed by atoms with Crippen LogP contribution in [-0.4, -0.2) is 14.3 Å². The van der Waals surface area contributed by atoms with Crippen LogP contribution in [0.5, 0.6) is 5.75 Å². The third kappa shape index (κ3) is 3.93. The van der Waals surface area contributed by atoms with Crippen LogP contribution in [0.1, 0.15) is 6.92 Å². The van der Waals surface area contributed by atoms with Gasteiger partial charge in [-0.1, -0.05) is 24.3 Å². The molecule has 7 heteroatoms. The zero-order valence-electron chi connectivity index (χ0n) is 13.2. The number of fused-ring (bicyclic) bond motifs is 1. The summed E-state index contributed by atoms with van der Waals surface area (Å²) >= 11 is 2.10. The fourth-order valence-corrected chi connectivity index (χ4v) is 3.72. The molecule has 0 spiro atoms. The van der Waals surface area contributed by atoms with E-state index in [-0.39, 0.29) is 16.6 Å². The first-order valence-electron chi connectivity index (χ1n) is 7.36. The number of benzene rings is 3. The predicted molar refractivity (Wildman–Crippen MR) is 105 cm³/mol. The third-order valence-corrected chi connectivity index (χ3v) is 5.46. The molecule has 3 aromatic carbocycles. The summed E-state index contributed by atoms with van der Waals surface area (Å²) < 4.78 is 31.3. The van der Waals surface area contributed by atoms with Crippen molar-refractivity contribution in [2.45, 2.75) is 11.8 Å². The molecule has 1 amide bonds. The fourth-order valence-electron chi connectivity index (χ4n) is 2.41. The number of anilines is 1. The van der Waals surface area contributed by atoms with Gasteiger partial charge in [-0.3, -0.25) is 4.79 Å². The van der Waals surface area contributed by atoms with E-state index in [1.165, 1.54) is 25.1 Å². The van der Waals surface area contributed by atoms with Gasteiger partial charge in [0, 0.05) is 27.0 Å². The Morgan fingerprint density at radius 1 is 0.960 bits per heavy atom. The molecule has 128 valence electrons. The lowest BCUT2D eigenvalue weighted by Crippen LogP contribution is -2.11. The van der Waals surface area contributed by atoms with E-state index in [1.807, 2.05) is 6.07 Å². The number of nitrogens with one attached hydrogen (secondary N) is 1. The summed E-state index contributed by atoms with van der Waals surface area (Å²) in [6, 6.07) is 16.7. The number of hydrogen-bond acceptors (Lipinski definition) is 4. The first-order valence-corrected chi connectivity index (χ1v) is 9.85. The molecule has 0 unspecified atom stereocenters. The number of rotatable bonds is 4. The lowest BCUT2D eigenvalue weighted by atomic mass is 10.1. The molecular formula is C18H14INO4S. The first kappa shape index (κ1) is 17.7. The molecule has 0 aromatic heterocycles. The molecule has 5 nitrogen and oxygen atoms in total. The monoisotopic (exact) mass is 467 g/mol. The minimum absolute atomic E-state index is 0.0861. The van der Waals surface area contributed by atoms with Gasteiger partial charge in [0.15, 0.2) is 5.75 Å². The standard InChI is InChI=1S/C18H14INO4S/c1-12(21)20-17-10-11-18(16-5-3-2-4-15(16)17)24-25(22,23)14-8-6-13(19)7-9-14/h2-11H,1H3,(H,20,21). The SMILES string of the molecule is CC(=O)Nc1ccc(OS(=O)(=O)c2ccc(I)cc2)c2ccccc12. The fraction of sp³-hybridized carbons (Fsp3) is 0.0556. The molecule has 25 heavy (non-hydrogen) atoms. The van der Waals surface area contributed by atoms with Crippen LogP contribution in [0.4, 0.5) is 5.69 Å². The quantitative estimate of drug-likeness (QED) is 0.462. The molecule has 0 radical (unpaired) electrons. The Hall–Kier alpha value is -2.13. The summed E-state index contributed by atoms with van der Waals surface area (Å²) in [6.45, 7) is 1.42. The Labute approximate surface area is 159 Å². The summed E-state index contributed by atoms with van der Waals surface area (Å²) in [5, 5.41) is 4.03. The van der Waals surface area contributed by atoms with Gasteiger partial charge >= 0.3 is 10.1 Å². The van der Waals surface area contributed by atoms with E-state index in [0.29, 0.717) is 16.5 Å². The summed E-state index contributed by atoms with van der Waals surface area (Å²) in [6.07, 6.45) is 0. The Kier molecular flexibility index (Phi) is 4.96. The molecule has 0 atom stereocenters. The average molecular weight is 467 g/mol. The average Bonchev–Trinajstić information content (AvgIpc) is 2.57. The molecule has 0 saturated carbocycles. The Balaban J connectivity index is 2.05. The van der Waals surface area contributed by atoms with E-state index in [4.69, 9.17) is 4.18 Å². The molecule has 0 fully saturated rings. The smallest absolute Gasteiger partial charge is 0.339 e. The second-order valence-corrected chi connectivity index (χ2v) is 8.12. The predicted octanol–water partition coefficient (Wildman–Crippen LogP) is 4.17. The zero-order chi connectivity index (χ0) is 18.0. The maximum Gasteiger partial charge on any atom is 0.339 e. The van der Waals surface area contributed by atoms with Gasteiger partial charge < -0.3 is 9.50 Å². The van der Waals surface area contributed by atoms with Crippen LogP contribution in [0, 0.1) is 3.57 Å². The Bertz CT molecular complexity index is 1050. The molecule has 0 heterocycles. The second-order valence-electron chi connectivity index (χ2n) is 5.33. The molecule has 1 N–H and O–H groups in total. The van der Waals surface area contributed by atoms with Gasteiger partial charge in [0.25, 0.3) is 0 Å². The number of amides is 1. The van der Waals surface area contributed by atoms with Crippen LogP contribution in [0.2, 0.25) is 0 Å².